The lowest BCUT2D eigenvalue weighted by molar-refractivity contribution is 0.0440. The van der Waals surface area contributed by atoms with Gasteiger partial charge in [-0.2, -0.15) is 5.10 Å². The maximum absolute atomic E-state index is 12.2. The lowest BCUT2D eigenvalue weighted by Crippen LogP contribution is -2.25. The van der Waals surface area contributed by atoms with Crippen LogP contribution in [0.15, 0.2) is 71.5 Å². The average Bonchev–Trinajstić information content (AvgIpc) is 2.74. The average molecular weight is 380 g/mol. The van der Waals surface area contributed by atoms with Gasteiger partial charge in [0.25, 0.3) is 5.56 Å². The molecule has 0 aliphatic rings. The first kappa shape index (κ1) is 19.2. The molecule has 7 heteroatoms. The smallest absolute Gasteiger partial charge is 0.358 e. The summed E-state index contributed by atoms with van der Waals surface area (Å²) in [4.78, 5) is 24.2. The number of esters is 1. The third kappa shape index (κ3) is 5.20. The normalized spacial score (nSPS) is 10.3. The molecule has 0 spiro atoms. The molecule has 0 aliphatic heterocycles. The lowest BCUT2D eigenvalue weighted by Gasteiger charge is -2.09. The Hall–Kier alpha value is -3.61. The molecule has 0 saturated heterocycles. The van der Waals surface area contributed by atoms with E-state index in [1.165, 1.54) is 16.8 Å². The zero-order chi connectivity index (χ0) is 19.8. The number of hydrogen-bond acceptors (Lipinski definition) is 6. The Morgan fingerprint density at radius 2 is 1.64 bits per heavy atom. The zero-order valence-electron chi connectivity index (χ0n) is 15.4. The third-order valence-electron chi connectivity index (χ3n) is 3.90. The molecule has 28 heavy (non-hydrogen) atoms. The molecule has 3 aromatic rings. The maximum Gasteiger partial charge on any atom is 0.358 e. The summed E-state index contributed by atoms with van der Waals surface area (Å²) in [5.74, 6) is 0.766. The fraction of sp³-hybridized carbons (Fsp3) is 0.190. The van der Waals surface area contributed by atoms with Crippen LogP contribution in [0.4, 0.5) is 0 Å². The van der Waals surface area contributed by atoms with Crippen molar-refractivity contribution in [1.29, 1.82) is 0 Å². The van der Waals surface area contributed by atoms with Crippen LogP contribution in [-0.2, 0) is 11.3 Å². The van der Waals surface area contributed by atoms with Gasteiger partial charge in [0.1, 0.15) is 24.7 Å². The van der Waals surface area contributed by atoms with Crippen molar-refractivity contribution < 1.29 is 19.0 Å². The van der Waals surface area contributed by atoms with Crippen LogP contribution in [0.1, 0.15) is 16.1 Å². The summed E-state index contributed by atoms with van der Waals surface area (Å²) < 4.78 is 17.0. The molecule has 0 aliphatic carbocycles. The summed E-state index contributed by atoms with van der Waals surface area (Å²) >= 11 is 0. The summed E-state index contributed by atoms with van der Waals surface area (Å²) in [6, 6.07) is 19.2. The van der Waals surface area contributed by atoms with Gasteiger partial charge in [0.2, 0.25) is 0 Å². The Kier molecular flexibility index (Phi) is 6.41. The first-order chi connectivity index (χ1) is 13.7. The molecule has 0 amide bonds. The Morgan fingerprint density at radius 3 is 2.36 bits per heavy atom. The summed E-state index contributed by atoms with van der Waals surface area (Å²) in [7, 11) is 1.59. The fourth-order valence-electron chi connectivity index (χ4n) is 2.47. The minimum absolute atomic E-state index is 0.0599. The van der Waals surface area contributed by atoms with Gasteiger partial charge in [-0.15, -0.1) is 0 Å². The molecular formula is C21H20N2O5. The van der Waals surface area contributed by atoms with Crippen LogP contribution in [0.5, 0.6) is 11.5 Å². The summed E-state index contributed by atoms with van der Waals surface area (Å²) in [5.41, 5.74) is 0.693. The first-order valence-corrected chi connectivity index (χ1v) is 8.72. The highest BCUT2D eigenvalue weighted by Gasteiger charge is 2.11. The molecule has 0 atom stereocenters. The standard InChI is InChI=1S/C21H20N2O5/c1-26-17-7-9-18(10-8-17)27-13-14-28-21(25)19-11-12-20(24)23(22-19)15-16-5-3-2-4-6-16/h2-12H,13-15H2,1H3. The minimum Gasteiger partial charge on any atom is -0.497 e. The number of carbonyl (C=O) groups excluding carboxylic acids is 1. The van der Waals surface area contributed by atoms with Crippen LogP contribution in [0.2, 0.25) is 0 Å². The molecule has 1 heterocycles. The van der Waals surface area contributed by atoms with Crippen molar-refractivity contribution in [2.24, 2.45) is 0 Å². The molecule has 144 valence electrons. The number of aromatic nitrogens is 2. The Labute approximate surface area is 162 Å². The molecular weight excluding hydrogens is 360 g/mol. The monoisotopic (exact) mass is 380 g/mol. The predicted octanol–water partition coefficient (Wildman–Crippen LogP) is 2.54. The molecule has 7 nitrogen and oxygen atoms in total. The number of methoxy groups -OCH3 is 1. The molecule has 0 N–H and O–H groups in total. The first-order valence-electron chi connectivity index (χ1n) is 8.72. The highest BCUT2D eigenvalue weighted by Crippen LogP contribution is 2.16. The molecule has 2 aromatic carbocycles. The van der Waals surface area contributed by atoms with Gasteiger partial charge in [0, 0.05) is 6.07 Å². The molecule has 0 saturated carbocycles. The molecule has 0 unspecified atom stereocenters. The van der Waals surface area contributed by atoms with Gasteiger partial charge < -0.3 is 14.2 Å². The SMILES string of the molecule is COc1ccc(OCCOC(=O)c2ccc(=O)n(Cc3ccccc3)n2)cc1. The summed E-state index contributed by atoms with van der Waals surface area (Å²) in [5, 5.41) is 4.10. The number of nitrogens with zero attached hydrogens (tertiary/aromatic N) is 2. The van der Waals surface area contributed by atoms with Gasteiger partial charge in [-0.3, -0.25) is 4.79 Å². The zero-order valence-corrected chi connectivity index (χ0v) is 15.4. The second-order valence-electron chi connectivity index (χ2n) is 5.86. The van der Waals surface area contributed by atoms with Crippen molar-refractivity contribution in [3.05, 3.63) is 88.3 Å². The second-order valence-corrected chi connectivity index (χ2v) is 5.86. The van der Waals surface area contributed by atoms with Gasteiger partial charge in [0.05, 0.1) is 13.7 Å². The number of rotatable bonds is 8. The fourth-order valence-corrected chi connectivity index (χ4v) is 2.47. The van der Waals surface area contributed by atoms with Gasteiger partial charge >= 0.3 is 5.97 Å². The molecule has 3 rings (SSSR count). The minimum atomic E-state index is -0.611. The van der Waals surface area contributed by atoms with Crippen LogP contribution >= 0.6 is 0 Å². The topological polar surface area (TPSA) is 79.7 Å². The Bertz CT molecular complexity index is 968. The van der Waals surface area contributed by atoms with E-state index in [1.54, 1.807) is 31.4 Å². The highest BCUT2D eigenvalue weighted by atomic mass is 16.6. The molecule has 1 aromatic heterocycles. The van der Waals surface area contributed by atoms with Crippen LogP contribution in [0.3, 0.4) is 0 Å². The number of hydrogen-bond donors (Lipinski definition) is 0. The van der Waals surface area contributed by atoms with E-state index in [4.69, 9.17) is 14.2 Å². The summed E-state index contributed by atoms with van der Waals surface area (Å²) in [6.45, 7) is 0.535. The molecule has 0 radical (unpaired) electrons. The number of carbonyl (C=O) groups is 1. The maximum atomic E-state index is 12.2. The van der Waals surface area contributed by atoms with E-state index >= 15 is 0 Å². The van der Waals surface area contributed by atoms with Crippen molar-refractivity contribution >= 4 is 5.97 Å². The van der Waals surface area contributed by atoms with Gasteiger partial charge in [0.15, 0.2) is 5.69 Å². The highest BCUT2D eigenvalue weighted by molar-refractivity contribution is 5.86. The van der Waals surface area contributed by atoms with Gasteiger partial charge in [-0.05, 0) is 35.9 Å². The van der Waals surface area contributed by atoms with Crippen LogP contribution in [0.25, 0.3) is 0 Å². The Balaban J connectivity index is 1.53. The van der Waals surface area contributed by atoms with Crippen LogP contribution in [-0.4, -0.2) is 36.1 Å². The summed E-state index contributed by atoms with van der Waals surface area (Å²) in [6.07, 6.45) is 0. The van der Waals surface area contributed by atoms with E-state index < -0.39 is 5.97 Å². The predicted molar refractivity (Wildman–Crippen MR) is 103 cm³/mol. The van der Waals surface area contributed by atoms with E-state index in [9.17, 15) is 9.59 Å². The quantitative estimate of drug-likeness (QED) is 0.441. The lowest BCUT2D eigenvalue weighted by atomic mass is 10.2. The van der Waals surface area contributed by atoms with Gasteiger partial charge in [-0.1, -0.05) is 30.3 Å². The van der Waals surface area contributed by atoms with E-state index in [1.807, 2.05) is 30.3 Å². The van der Waals surface area contributed by atoms with Crippen molar-refractivity contribution in [2.75, 3.05) is 20.3 Å². The van der Waals surface area contributed by atoms with Crippen molar-refractivity contribution in [1.82, 2.24) is 9.78 Å². The second kappa shape index (κ2) is 9.36. The number of ether oxygens (including phenoxy) is 3. The number of benzene rings is 2. The third-order valence-corrected chi connectivity index (χ3v) is 3.90. The van der Waals surface area contributed by atoms with E-state index in [-0.39, 0.29) is 31.0 Å². The molecule has 0 fully saturated rings. The van der Waals surface area contributed by atoms with Crippen molar-refractivity contribution in [3.8, 4) is 11.5 Å². The van der Waals surface area contributed by atoms with E-state index in [0.29, 0.717) is 5.75 Å². The Morgan fingerprint density at radius 1 is 0.929 bits per heavy atom. The van der Waals surface area contributed by atoms with Crippen LogP contribution in [0, 0.1) is 0 Å². The van der Waals surface area contributed by atoms with Crippen LogP contribution < -0.4 is 15.0 Å². The molecule has 0 bridgehead atoms. The van der Waals surface area contributed by atoms with E-state index in [2.05, 4.69) is 5.10 Å². The van der Waals surface area contributed by atoms with Crippen molar-refractivity contribution in [3.63, 3.8) is 0 Å². The largest absolute Gasteiger partial charge is 0.497 e. The van der Waals surface area contributed by atoms with Gasteiger partial charge in [-0.25, -0.2) is 9.48 Å². The van der Waals surface area contributed by atoms with E-state index in [0.717, 1.165) is 11.3 Å². The van der Waals surface area contributed by atoms with Crippen molar-refractivity contribution in [2.45, 2.75) is 6.54 Å².